The molecule has 0 saturated carbocycles. The van der Waals surface area contributed by atoms with Crippen molar-refractivity contribution in [3.8, 4) is 0 Å². The Kier molecular flexibility index (Phi) is 3.67. The zero-order chi connectivity index (χ0) is 12.3. The van der Waals surface area contributed by atoms with E-state index in [4.69, 9.17) is 16.2 Å². The van der Waals surface area contributed by atoms with Crippen LogP contribution in [0.1, 0.15) is 42.9 Å². The van der Waals surface area contributed by atoms with E-state index in [1.807, 2.05) is 20.8 Å². The Morgan fingerprint density at radius 2 is 1.69 bits per heavy atom. The van der Waals surface area contributed by atoms with Gasteiger partial charge in [-0.25, -0.2) is 4.79 Å². The van der Waals surface area contributed by atoms with Crippen molar-refractivity contribution in [1.29, 1.82) is 0 Å². The van der Waals surface area contributed by atoms with E-state index >= 15 is 0 Å². The van der Waals surface area contributed by atoms with Crippen LogP contribution in [-0.4, -0.2) is 11.6 Å². The predicted octanol–water partition coefficient (Wildman–Crippen LogP) is 1.56. The molecular weight excluding hydrogens is 204 g/mol. The van der Waals surface area contributed by atoms with Gasteiger partial charge in [-0.2, -0.15) is 0 Å². The molecule has 0 heterocycles. The highest BCUT2D eigenvalue weighted by Crippen LogP contribution is 2.13. The zero-order valence-electron chi connectivity index (χ0n) is 9.86. The first-order valence-corrected chi connectivity index (χ1v) is 5.14. The largest absolute Gasteiger partial charge is 0.456 e. The summed E-state index contributed by atoms with van der Waals surface area (Å²) in [7, 11) is 0. The van der Waals surface area contributed by atoms with Gasteiger partial charge in [0.1, 0.15) is 5.60 Å². The lowest BCUT2D eigenvalue weighted by Crippen LogP contribution is -2.24. The lowest BCUT2D eigenvalue weighted by atomic mass is 10.1. The fraction of sp³-hybridized carbons (Fsp3) is 0.417. The monoisotopic (exact) mass is 222 g/mol. The van der Waals surface area contributed by atoms with Gasteiger partial charge in [0.15, 0.2) is 0 Å². The van der Waals surface area contributed by atoms with Gasteiger partial charge in [0, 0.05) is 0 Å². The van der Waals surface area contributed by atoms with Crippen LogP contribution in [0.3, 0.4) is 0 Å². The van der Waals surface area contributed by atoms with Crippen molar-refractivity contribution < 1.29 is 9.53 Å². The van der Waals surface area contributed by atoms with E-state index in [9.17, 15) is 4.79 Å². The molecule has 0 saturated heterocycles. The van der Waals surface area contributed by atoms with Gasteiger partial charge in [0.05, 0.1) is 11.7 Å². The van der Waals surface area contributed by atoms with Gasteiger partial charge in [-0.1, -0.05) is 12.1 Å². The molecule has 4 heteroatoms. The summed E-state index contributed by atoms with van der Waals surface area (Å²) in [5.74, 6) is -0.343. The Morgan fingerprint density at radius 1 is 1.19 bits per heavy atom. The van der Waals surface area contributed by atoms with Crippen LogP contribution in [0.5, 0.6) is 0 Å². The quantitative estimate of drug-likeness (QED) is 0.588. The van der Waals surface area contributed by atoms with Gasteiger partial charge in [-0.3, -0.25) is 0 Å². The number of rotatable bonds is 2. The molecule has 0 radical (unpaired) electrons. The first-order valence-electron chi connectivity index (χ1n) is 5.14. The Balaban J connectivity index is 2.78. The average molecular weight is 222 g/mol. The molecule has 1 rings (SSSR count). The molecule has 0 amide bonds. The molecule has 0 aliphatic heterocycles. The Bertz CT molecular complexity index is 364. The fourth-order valence-electron chi connectivity index (χ4n) is 1.18. The van der Waals surface area contributed by atoms with Gasteiger partial charge in [0.25, 0.3) is 0 Å². The first-order chi connectivity index (χ1) is 7.29. The third-order valence-electron chi connectivity index (χ3n) is 1.93. The van der Waals surface area contributed by atoms with Crippen molar-refractivity contribution in [2.75, 3.05) is 0 Å². The van der Waals surface area contributed by atoms with Crippen LogP contribution in [0, 0.1) is 0 Å². The summed E-state index contributed by atoms with van der Waals surface area (Å²) in [5.41, 5.74) is 11.8. The summed E-state index contributed by atoms with van der Waals surface area (Å²) < 4.78 is 5.22. The SMILES string of the molecule is CC(C)(C)OC(=O)c1ccc(C(N)N)cc1. The number of benzene rings is 1. The number of carbonyl (C=O) groups excluding carboxylic acids is 1. The van der Waals surface area contributed by atoms with E-state index in [2.05, 4.69) is 0 Å². The highest BCUT2D eigenvalue weighted by Gasteiger charge is 2.17. The highest BCUT2D eigenvalue weighted by atomic mass is 16.6. The van der Waals surface area contributed by atoms with Crippen molar-refractivity contribution in [3.63, 3.8) is 0 Å². The van der Waals surface area contributed by atoms with Crippen molar-refractivity contribution in [3.05, 3.63) is 35.4 Å². The number of ether oxygens (including phenoxy) is 1. The Labute approximate surface area is 95.6 Å². The molecule has 0 aliphatic rings. The Morgan fingerprint density at radius 3 is 2.06 bits per heavy atom. The summed E-state index contributed by atoms with van der Waals surface area (Å²) in [6.07, 6.45) is -0.521. The van der Waals surface area contributed by atoms with E-state index in [0.717, 1.165) is 5.56 Å². The second kappa shape index (κ2) is 4.63. The molecule has 0 bridgehead atoms. The zero-order valence-corrected chi connectivity index (χ0v) is 9.86. The number of nitrogens with two attached hydrogens (primary N) is 2. The maximum Gasteiger partial charge on any atom is 0.338 e. The van der Waals surface area contributed by atoms with Gasteiger partial charge in [-0.15, -0.1) is 0 Å². The topological polar surface area (TPSA) is 78.3 Å². The minimum Gasteiger partial charge on any atom is -0.456 e. The maximum absolute atomic E-state index is 11.7. The van der Waals surface area contributed by atoms with Crippen LogP contribution < -0.4 is 11.5 Å². The van der Waals surface area contributed by atoms with E-state index < -0.39 is 11.8 Å². The summed E-state index contributed by atoms with van der Waals surface area (Å²) in [5, 5.41) is 0. The number of carbonyl (C=O) groups is 1. The predicted molar refractivity (Wildman–Crippen MR) is 62.7 cm³/mol. The van der Waals surface area contributed by atoms with Crippen LogP contribution in [0.2, 0.25) is 0 Å². The highest BCUT2D eigenvalue weighted by molar-refractivity contribution is 5.89. The summed E-state index contributed by atoms with van der Waals surface area (Å²) in [4.78, 5) is 11.7. The molecule has 1 aromatic carbocycles. The smallest absolute Gasteiger partial charge is 0.338 e. The van der Waals surface area contributed by atoms with E-state index in [-0.39, 0.29) is 5.97 Å². The fourth-order valence-corrected chi connectivity index (χ4v) is 1.18. The van der Waals surface area contributed by atoms with E-state index in [1.54, 1.807) is 24.3 Å². The third kappa shape index (κ3) is 3.64. The first kappa shape index (κ1) is 12.7. The number of esters is 1. The summed E-state index contributed by atoms with van der Waals surface area (Å²) in [6, 6.07) is 6.78. The van der Waals surface area contributed by atoms with Crippen molar-refractivity contribution in [1.82, 2.24) is 0 Å². The molecule has 16 heavy (non-hydrogen) atoms. The lowest BCUT2D eigenvalue weighted by molar-refractivity contribution is 0.00695. The van der Waals surface area contributed by atoms with Gasteiger partial charge >= 0.3 is 5.97 Å². The van der Waals surface area contributed by atoms with E-state index in [0.29, 0.717) is 5.56 Å². The second-order valence-electron chi connectivity index (χ2n) is 4.65. The molecular formula is C12H18N2O2. The molecule has 0 atom stereocenters. The average Bonchev–Trinajstić information content (AvgIpc) is 2.15. The van der Waals surface area contributed by atoms with Crippen LogP contribution in [-0.2, 0) is 4.74 Å². The molecule has 0 aromatic heterocycles. The van der Waals surface area contributed by atoms with Crippen LogP contribution in [0.15, 0.2) is 24.3 Å². The molecule has 0 aliphatic carbocycles. The van der Waals surface area contributed by atoms with Gasteiger partial charge < -0.3 is 16.2 Å². The standard InChI is InChI=1S/C12H18N2O2/c1-12(2,3)16-11(15)9-6-4-8(5-7-9)10(13)14/h4-7,10H,13-14H2,1-3H3. The molecule has 0 spiro atoms. The minimum atomic E-state index is -0.521. The molecule has 0 unspecified atom stereocenters. The minimum absolute atomic E-state index is 0.343. The Hall–Kier alpha value is -1.39. The van der Waals surface area contributed by atoms with Crippen LogP contribution >= 0.6 is 0 Å². The second-order valence-corrected chi connectivity index (χ2v) is 4.65. The number of hydrogen-bond donors (Lipinski definition) is 2. The van der Waals surface area contributed by atoms with Crippen molar-refractivity contribution in [2.45, 2.75) is 32.5 Å². The third-order valence-corrected chi connectivity index (χ3v) is 1.93. The molecule has 0 fully saturated rings. The van der Waals surface area contributed by atoms with Crippen LogP contribution in [0.25, 0.3) is 0 Å². The van der Waals surface area contributed by atoms with Crippen molar-refractivity contribution >= 4 is 5.97 Å². The molecule has 4 N–H and O–H groups in total. The van der Waals surface area contributed by atoms with Gasteiger partial charge in [0.2, 0.25) is 0 Å². The summed E-state index contributed by atoms with van der Waals surface area (Å²) >= 11 is 0. The van der Waals surface area contributed by atoms with E-state index in [1.165, 1.54) is 0 Å². The normalized spacial score (nSPS) is 11.6. The molecule has 1 aromatic rings. The van der Waals surface area contributed by atoms with Crippen LogP contribution in [0.4, 0.5) is 0 Å². The lowest BCUT2D eigenvalue weighted by Gasteiger charge is -2.19. The molecule has 4 nitrogen and oxygen atoms in total. The number of hydrogen-bond acceptors (Lipinski definition) is 4. The summed E-state index contributed by atoms with van der Waals surface area (Å²) in [6.45, 7) is 5.49. The molecule has 88 valence electrons. The maximum atomic E-state index is 11.7. The van der Waals surface area contributed by atoms with Gasteiger partial charge in [-0.05, 0) is 38.5 Å². The van der Waals surface area contributed by atoms with Crippen molar-refractivity contribution in [2.24, 2.45) is 11.5 Å².